The van der Waals surface area contributed by atoms with E-state index in [2.05, 4.69) is 4.72 Å². The third kappa shape index (κ3) is 2.92. The molecule has 0 fully saturated rings. The molecule has 0 saturated carbocycles. The minimum atomic E-state index is -3.87. The summed E-state index contributed by atoms with van der Waals surface area (Å²) in [5, 5.41) is 0.164. The number of anilines is 1. The van der Waals surface area contributed by atoms with Crippen molar-refractivity contribution in [2.45, 2.75) is 18.7 Å². The Labute approximate surface area is 150 Å². The molecule has 0 saturated heterocycles. The van der Waals surface area contributed by atoms with Crippen LogP contribution in [0.2, 0.25) is 0 Å². The second-order valence-electron chi connectivity index (χ2n) is 6.29. The van der Waals surface area contributed by atoms with E-state index in [0.29, 0.717) is 11.2 Å². The van der Waals surface area contributed by atoms with Gasteiger partial charge in [-0.3, -0.25) is 18.7 Å². The van der Waals surface area contributed by atoms with Crippen LogP contribution >= 0.6 is 0 Å². The van der Waals surface area contributed by atoms with Crippen LogP contribution in [0.5, 0.6) is 0 Å². The van der Waals surface area contributed by atoms with Crippen LogP contribution in [0.15, 0.2) is 50.9 Å². The van der Waals surface area contributed by atoms with E-state index in [1.165, 1.54) is 36.9 Å². The van der Waals surface area contributed by atoms with Crippen molar-refractivity contribution in [3.8, 4) is 0 Å². The lowest BCUT2D eigenvalue weighted by atomic mass is 10.1. The molecule has 1 heterocycles. The molecule has 3 aromatic rings. The fraction of sp³-hybridized carbons (Fsp3) is 0.222. The normalized spacial score (nSPS) is 11.7. The van der Waals surface area contributed by atoms with E-state index < -0.39 is 21.3 Å². The lowest BCUT2D eigenvalue weighted by Gasteiger charge is -2.12. The molecule has 0 spiro atoms. The van der Waals surface area contributed by atoms with Gasteiger partial charge in [0.2, 0.25) is 0 Å². The predicted molar refractivity (Wildman–Crippen MR) is 101 cm³/mol. The molecule has 0 amide bonds. The number of benzene rings is 2. The Kier molecular flexibility index (Phi) is 4.23. The zero-order valence-corrected chi connectivity index (χ0v) is 15.7. The van der Waals surface area contributed by atoms with E-state index in [1.807, 2.05) is 19.9 Å². The first-order valence-electron chi connectivity index (χ1n) is 7.91. The molecule has 0 unspecified atom stereocenters. The van der Waals surface area contributed by atoms with Crippen molar-refractivity contribution < 1.29 is 8.42 Å². The Morgan fingerprint density at radius 1 is 0.885 bits per heavy atom. The Morgan fingerprint density at radius 3 is 2.23 bits per heavy atom. The molecule has 7 nitrogen and oxygen atoms in total. The first kappa shape index (κ1) is 17.9. The summed E-state index contributed by atoms with van der Waals surface area (Å²) in [6.45, 7) is 3.84. The molecule has 136 valence electrons. The third-order valence-electron chi connectivity index (χ3n) is 4.51. The standard InChI is InChI=1S/C18H19N3O4S/c1-11-5-6-13(9-12(11)2)19-26(24,25)14-7-8-16-15(10-14)17(22)21(4)18(23)20(16)3/h5-10,19H,1-4H3. The van der Waals surface area contributed by atoms with Gasteiger partial charge in [-0.05, 0) is 55.3 Å². The van der Waals surface area contributed by atoms with Gasteiger partial charge in [0.15, 0.2) is 0 Å². The van der Waals surface area contributed by atoms with Gasteiger partial charge >= 0.3 is 5.69 Å². The molecular formula is C18H19N3O4S. The van der Waals surface area contributed by atoms with Crippen molar-refractivity contribution in [3.05, 3.63) is 68.4 Å². The molecule has 0 aliphatic rings. The Morgan fingerprint density at radius 2 is 1.58 bits per heavy atom. The van der Waals surface area contributed by atoms with Crippen LogP contribution in [-0.2, 0) is 24.1 Å². The van der Waals surface area contributed by atoms with Crippen LogP contribution in [0.4, 0.5) is 5.69 Å². The number of nitrogens with zero attached hydrogens (tertiary/aromatic N) is 2. The number of aromatic nitrogens is 2. The van der Waals surface area contributed by atoms with Crippen LogP contribution in [-0.4, -0.2) is 17.6 Å². The number of fused-ring (bicyclic) bond motifs is 1. The van der Waals surface area contributed by atoms with Crippen LogP contribution in [0.25, 0.3) is 10.9 Å². The van der Waals surface area contributed by atoms with Gasteiger partial charge in [0.05, 0.1) is 15.8 Å². The van der Waals surface area contributed by atoms with Crippen molar-refractivity contribution in [3.63, 3.8) is 0 Å². The highest BCUT2D eigenvalue weighted by Gasteiger charge is 2.17. The Bertz CT molecular complexity index is 1250. The van der Waals surface area contributed by atoms with Gasteiger partial charge in [0, 0.05) is 19.8 Å². The summed E-state index contributed by atoms with van der Waals surface area (Å²) in [6, 6.07) is 9.40. The topological polar surface area (TPSA) is 90.2 Å². The molecule has 0 radical (unpaired) electrons. The van der Waals surface area contributed by atoms with Gasteiger partial charge in [-0.25, -0.2) is 13.2 Å². The fourth-order valence-electron chi connectivity index (χ4n) is 2.76. The Hall–Kier alpha value is -2.87. The number of rotatable bonds is 3. The van der Waals surface area contributed by atoms with Crippen molar-refractivity contribution in [1.29, 1.82) is 0 Å². The lowest BCUT2D eigenvalue weighted by Crippen LogP contribution is -2.37. The van der Waals surface area contributed by atoms with E-state index >= 15 is 0 Å². The van der Waals surface area contributed by atoms with E-state index in [9.17, 15) is 18.0 Å². The maximum Gasteiger partial charge on any atom is 0.330 e. The summed E-state index contributed by atoms with van der Waals surface area (Å²) in [7, 11) is -0.979. The molecule has 1 aromatic heterocycles. The van der Waals surface area contributed by atoms with Crippen molar-refractivity contribution in [1.82, 2.24) is 9.13 Å². The Balaban J connectivity index is 2.13. The zero-order chi connectivity index (χ0) is 19.2. The van der Waals surface area contributed by atoms with E-state index in [1.54, 1.807) is 12.1 Å². The van der Waals surface area contributed by atoms with E-state index in [-0.39, 0.29) is 10.3 Å². The number of aryl methyl sites for hydroxylation is 3. The highest BCUT2D eigenvalue weighted by molar-refractivity contribution is 7.92. The summed E-state index contributed by atoms with van der Waals surface area (Å²) < 4.78 is 30.2. The fourth-order valence-corrected chi connectivity index (χ4v) is 3.84. The van der Waals surface area contributed by atoms with Gasteiger partial charge in [0.25, 0.3) is 15.6 Å². The first-order valence-corrected chi connectivity index (χ1v) is 9.40. The van der Waals surface area contributed by atoms with Gasteiger partial charge in [0.1, 0.15) is 0 Å². The maximum absolute atomic E-state index is 12.7. The second-order valence-corrected chi connectivity index (χ2v) is 7.97. The molecule has 3 rings (SSSR count). The average Bonchev–Trinajstić information content (AvgIpc) is 2.60. The molecule has 0 aliphatic carbocycles. The number of hydrogen-bond donors (Lipinski definition) is 1. The number of sulfonamides is 1. The molecule has 1 N–H and O–H groups in total. The first-order chi connectivity index (χ1) is 12.1. The quantitative estimate of drug-likeness (QED) is 0.756. The maximum atomic E-state index is 12.7. The molecule has 8 heteroatoms. The highest BCUT2D eigenvalue weighted by atomic mass is 32.2. The smallest absolute Gasteiger partial charge is 0.296 e. The van der Waals surface area contributed by atoms with E-state index in [4.69, 9.17) is 0 Å². The zero-order valence-electron chi connectivity index (χ0n) is 14.9. The number of nitrogens with one attached hydrogen (secondary N) is 1. The largest absolute Gasteiger partial charge is 0.330 e. The van der Waals surface area contributed by atoms with Crippen LogP contribution in [0.3, 0.4) is 0 Å². The molecule has 0 aliphatic heterocycles. The summed E-state index contributed by atoms with van der Waals surface area (Å²) in [4.78, 5) is 24.3. The molecule has 0 bridgehead atoms. The van der Waals surface area contributed by atoms with Gasteiger partial charge < -0.3 is 0 Å². The molecule has 0 atom stereocenters. The summed E-state index contributed by atoms with van der Waals surface area (Å²) >= 11 is 0. The van der Waals surface area contributed by atoms with Crippen LogP contribution in [0, 0.1) is 13.8 Å². The third-order valence-corrected chi connectivity index (χ3v) is 5.89. The van der Waals surface area contributed by atoms with Crippen molar-refractivity contribution in [2.75, 3.05) is 4.72 Å². The van der Waals surface area contributed by atoms with E-state index in [0.717, 1.165) is 15.7 Å². The predicted octanol–water partition coefficient (Wildman–Crippen LogP) is 1.65. The van der Waals surface area contributed by atoms with Gasteiger partial charge in [-0.2, -0.15) is 0 Å². The van der Waals surface area contributed by atoms with Crippen molar-refractivity contribution in [2.24, 2.45) is 14.1 Å². The van der Waals surface area contributed by atoms with Crippen molar-refractivity contribution >= 4 is 26.6 Å². The summed E-state index contributed by atoms with van der Waals surface area (Å²) in [5.74, 6) is 0. The second kappa shape index (κ2) is 6.14. The minimum absolute atomic E-state index is 0.0426. The SMILES string of the molecule is Cc1ccc(NS(=O)(=O)c2ccc3c(c2)c(=O)n(C)c(=O)n3C)cc1C. The van der Waals surface area contributed by atoms with Crippen LogP contribution in [0.1, 0.15) is 11.1 Å². The minimum Gasteiger partial charge on any atom is -0.296 e. The van der Waals surface area contributed by atoms with Gasteiger partial charge in [-0.15, -0.1) is 0 Å². The monoisotopic (exact) mass is 373 g/mol. The lowest BCUT2D eigenvalue weighted by molar-refractivity contribution is 0.601. The number of hydrogen-bond acceptors (Lipinski definition) is 4. The van der Waals surface area contributed by atoms with Gasteiger partial charge in [-0.1, -0.05) is 6.07 Å². The molecule has 2 aromatic carbocycles. The molecule has 26 heavy (non-hydrogen) atoms. The van der Waals surface area contributed by atoms with Crippen LogP contribution < -0.4 is 16.0 Å². The highest BCUT2D eigenvalue weighted by Crippen LogP contribution is 2.21. The summed E-state index contributed by atoms with van der Waals surface area (Å²) in [5.41, 5.74) is 1.85. The molecular weight excluding hydrogens is 354 g/mol. The average molecular weight is 373 g/mol. The summed E-state index contributed by atoms with van der Waals surface area (Å²) in [6.07, 6.45) is 0.